The van der Waals surface area contributed by atoms with Gasteiger partial charge in [-0.25, -0.2) is 8.78 Å². The topological polar surface area (TPSA) is 12.0 Å². The third kappa shape index (κ3) is 3.64. The molecule has 2 aliphatic rings. The van der Waals surface area contributed by atoms with Crippen LogP contribution in [0.15, 0.2) is 0 Å². The molecule has 0 spiro atoms. The van der Waals surface area contributed by atoms with Crippen molar-refractivity contribution in [3.63, 3.8) is 0 Å². The van der Waals surface area contributed by atoms with Crippen LogP contribution in [0.1, 0.15) is 57.8 Å². The largest absolute Gasteiger partial charge is 0.317 e. The van der Waals surface area contributed by atoms with Gasteiger partial charge in [0.25, 0.3) is 0 Å². The van der Waals surface area contributed by atoms with Gasteiger partial charge in [0.05, 0.1) is 0 Å². The number of halogens is 2. The third-order valence-electron chi connectivity index (χ3n) is 4.76. The molecular weight excluding hydrogens is 220 g/mol. The second-order valence-corrected chi connectivity index (χ2v) is 5.97. The molecule has 1 unspecified atom stereocenters. The van der Waals surface area contributed by atoms with Crippen LogP contribution in [0, 0.1) is 11.8 Å². The summed E-state index contributed by atoms with van der Waals surface area (Å²) in [6, 6.07) is 0.467. The summed E-state index contributed by atoms with van der Waals surface area (Å²) in [7, 11) is 1.99. The molecule has 2 aliphatic carbocycles. The van der Waals surface area contributed by atoms with E-state index in [4.69, 9.17) is 0 Å². The third-order valence-corrected chi connectivity index (χ3v) is 4.76. The molecule has 17 heavy (non-hydrogen) atoms. The molecule has 0 radical (unpaired) electrons. The lowest BCUT2D eigenvalue weighted by molar-refractivity contribution is -0.0501. The first-order chi connectivity index (χ1) is 8.11. The number of alkyl halides is 2. The summed E-state index contributed by atoms with van der Waals surface area (Å²) in [5.41, 5.74) is 0. The van der Waals surface area contributed by atoms with E-state index < -0.39 is 5.92 Å². The fourth-order valence-corrected chi connectivity index (χ4v) is 3.62. The minimum Gasteiger partial charge on any atom is -0.317 e. The van der Waals surface area contributed by atoms with Crippen LogP contribution in [0.3, 0.4) is 0 Å². The van der Waals surface area contributed by atoms with Crippen molar-refractivity contribution in [2.75, 3.05) is 7.05 Å². The Hall–Kier alpha value is -0.180. The fourth-order valence-electron chi connectivity index (χ4n) is 3.62. The molecule has 0 saturated heterocycles. The molecule has 100 valence electrons. The summed E-state index contributed by atoms with van der Waals surface area (Å²) in [6.45, 7) is 0. The van der Waals surface area contributed by atoms with Crippen molar-refractivity contribution in [3.05, 3.63) is 0 Å². The summed E-state index contributed by atoms with van der Waals surface area (Å²) in [4.78, 5) is 0. The van der Waals surface area contributed by atoms with E-state index in [-0.39, 0.29) is 12.8 Å². The fraction of sp³-hybridized carbons (Fsp3) is 1.00. The first kappa shape index (κ1) is 13.3. The van der Waals surface area contributed by atoms with E-state index in [2.05, 4.69) is 5.32 Å². The van der Waals surface area contributed by atoms with E-state index in [0.717, 1.165) is 5.92 Å². The molecule has 1 nitrogen and oxygen atoms in total. The lowest BCUT2D eigenvalue weighted by Crippen LogP contribution is -2.39. The number of hydrogen-bond donors (Lipinski definition) is 1. The maximum absolute atomic E-state index is 13.1. The summed E-state index contributed by atoms with van der Waals surface area (Å²) in [5.74, 6) is -1.07. The molecule has 1 atom stereocenters. The Morgan fingerprint density at radius 1 is 1.12 bits per heavy atom. The lowest BCUT2D eigenvalue weighted by Gasteiger charge is -2.34. The van der Waals surface area contributed by atoms with E-state index in [1.165, 1.54) is 32.1 Å². The van der Waals surface area contributed by atoms with Gasteiger partial charge < -0.3 is 5.32 Å². The van der Waals surface area contributed by atoms with Crippen molar-refractivity contribution < 1.29 is 8.78 Å². The highest BCUT2D eigenvalue weighted by Crippen LogP contribution is 2.39. The molecule has 0 aromatic heterocycles. The van der Waals surface area contributed by atoms with Gasteiger partial charge in [-0.05, 0) is 38.1 Å². The van der Waals surface area contributed by atoms with Gasteiger partial charge in [0.1, 0.15) is 0 Å². The molecule has 3 heteroatoms. The van der Waals surface area contributed by atoms with Gasteiger partial charge in [-0.2, -0.15) is 0 Å². The zero-order valence-corrected chi connectivity index (χ0v) is 10.9. The van der Waals surface area contributed by atoms with Crippen LogP contribution in [0.5, 0.6) is 0 Å². The van der Waals surface area contributed by atoms with Crippen LogP contribution in [-0.2, 0) is 0 Å². The summed E-state index contributed by atoms with van der Waals surface area (Å²) < 4.78 is 26.3. The van der Waals surface area contributed by atoms with Gasteiger partial charge >= 0.3 is 0 Å². The van der Waals surface area contributed by atoms with Gasteiger partial charge in [0, 0.05) is 18.9 Å². The van der Waals surface area contributed by atoms with E-state index in [1.54, 1.807) is 0 Å². The Labute approximate surface area is 103 Å². The minimum atomic E-state index is -2.39. The van der Waals surface area contributed by atoms with E-state index in [0.29, 0.717) is 24.8 Å². The van der Waals surface area contributed by atoms with Crippen LogP contribution < -0.4 is 5.32 Å². The number of rotatable bonds is 4. The maximum Gasteiger partial charge on any atom is 0.248 e. The van der Waals surface area contributed by atoms with Crippen LogP contribution in [-0.4, -0.2) is 19.0 Å². The molecule has 1 N–H and O–H groups in total. The Morgan fingerprint density at radius 3 is 2.24 bits per heavy atom. The molecule has 0 amide bonds. The van der Waals surface area contributed by atoms with Gasteiger partial charge in [0.15, 0.2) is 0 Å². The zero-order valence-electron chi connectivity index (χ0n) is 10.9. The normalized spacial score (nSPS) is 28.4. The Balaban J connectivity index is 1.81. The standard InChI is InChI=1S/C14H25F2N/c1-17-13(10-11-4-2-3-5-11)12-6-8-14(15,16)9-7-12/h11-13,17H,2-10H2,1H3. The zero-order chi connectivity index (χ0) is 12.3. The molecule has 0 aromatic rings. The quantitative estimate of drug-likeness (QED) is 0.790. The molecule has 0 bridgehead atoms. The van der Waals surface area contributed by atoms with E-state index in [9.17, 15) is 8.78 Å². The van der Waals surface area contributed by atoms with Gasteiger partial charge in [-0.15, -0.1) is 0 Å². The van der Waals surface area contributed by atoms with Crippen molar-refractivity contribution in [3.8, 4) is 0 Å². The van der Waals surface area contributed by atoms with Crippen molar-refractivity contribution in [2.45, 2.75) is 69.8 Å². The number of hydrogen-bond acceptors (Lipinski definition) is 1. The molecule has 2 rings (SSSR count). The van der Waals surface area contributed by atoms with Gasteiger partial charge in [0.2, 0.25) is 5.92 Å². The highest BCUT2D eigenvalue weighted by Gasteiger charge is 2.37. The predicted octanol–water partition coefficient (Wildman–Crippen LogP) is 3.98. The van der Waals surface area contributed by atoms with Crippen molar-refractivity contribution in [1.29, 1.82) is 0 Å². The molecule has 0 aliphatic heterocycles. The highest BCUT2D eigenvalue weighted by atomic mass is 19.3. The van der Waals surface area contributed by atoms with Crippen molar-refractivity contribution in [1.82, 2.24) is 5.32 Å². The molecular formula is C14H25F2N. The van der Waals surface area contributed by atoms with Crippen molar-refractivity contribution in [2.24, 2.45) is 11.8 Å². The summed E-state index contributed by atoms with van der Waals surface area (Å²) in [5, 5.41) is 3.38. The van der Waals surface area contributed by atoms with Gasteiger partial charge in [-0.1, -0.05) is 25.7 Å². The number of nitrogens with one attached hydrogen (secondary N) is 1. The first-order valence-corrected chi connectivity index (χ1v) is 7.16. The predicted molar refractivity (Wildman–Crippen MR) is 66.3 cm³/mol. The summed E-state index contributed by atoms with van der Waals surface area (Å²) in [6.07, 6.45) is 8.22. The van der Waals surface area contributed by atoms with Gasteiger partial charge in [-0.3, -0.25) is 0 Å². The Bertz CT molecular complexity index is 226. The highest BCUT2D eigenvalue weighted by molar-refractivity contribution is 4.86. The smallest absolute Gasteiger partial charge is 0.248 e. The van der Waals surface area contributed by atoms with E-state index in [1.807, 2.05) is 7.05 Å². The lowest BCUT2D eigenvalue weighted by atomic mass is 9.79. The average Bonchev–Trinajstić information content (AvgIpc) is 2.79. The van der Waals surface area contributed by atoms with E-state index >= 15 is 0 Å². The molecule has 2 saturated carbocycles. The first-order valence-electron chi connectivity index (χ1n) is 7.16. The molecule has 0 aromatic carbocycles. The summed E-state index contributed by atoms with van der Waals surface area (Å²) >= 11 is 0. The van der Waals surface area contributed by atoms with Crippen LogP contribution >= 0.6 is 0 Å². The second kappa shape index (κ2) is 5.64. The Kier molecular flexibility index (Phi) is 4.40. The minimum absolute atomic E-state index is 0.0977. The molecule has 0 heterocycles. The maximum atomic E-state index is 13.1. The van der Waals surface area contributed by atoms with Crippen LogP contribution in [0.2, 0.25) is 0 Å². The van der Waals surface area contributed by atoms with Crippen LogP contribution in [0.25, 0.3) is 0 Å². The SMILES string of the molecule is CNC(CC1CCCC1)C1CCC(F)(F)CC1. The van der Waals surface area contributed by atoms with Crippen LogP contribution in [0.4, 0.5) is 8.78 Å². The Morgan fingerprint density at radius 2 is 1.71 bits per heavy atom. The monoisotopic (exact) mass is 245 g/mol. The molecule has 2 fully saturated rings. The second-order valence-electron chi connectivity index (χ2n) is 5.97. The average molecular weight is 245 g/mol. The van der Waals surface area contributed by atoms with Crippen molar-refractivity contribution >= 4 is 0 Å².